The third-order valence-corrected chi connectivity index (χ3v) is 3.53. The number of aliphatic hydroxyl groups excluding tert-OH is 1. The van der Waals surface area contributed by atoms with E-state index in [-0.39, 0.29) is 0 Å². The fraction of sp³-hybridized carbons (Fsp3) is 0.235. The Morgan fingerprint density at radius 1 is 1.14 bits per heavy atom. The molecule has 0 heterocycles. The molecule has 1 atom stereocenters. The van der Waals surface area contributed by atoms with E-state index in [4.69, 9.17) is 16.9 Å². The van der Waals surface area contributed by atoms with Gasteiger partial charge in [0.05, 0.1) is 17.7 Å². The maximum absolute atomic E-state index is 10.2. The van der Waals surface area contributed by atoms with E-state index in [9.17, 15) is 5.11 Å². The minimum atomic E-state index is -0.574. The predicted octanol–water partition coefficient (Wildman–Crippen LogP) is 3.38. The SMILES string of the molecule is CN(Cc1ccc(Cl)cc1)CC(O)c1ccc(C#N)cc1. The number of benzene rings is 2. The average Bonchev–Trinajstić information content (AvgIpc) is 2.49. The number of hydrogen-bond acceptors (Lipinski definition) is 3. The highest BCUT2D eigenvalue weighted by Gasteiger charge is 2.11. The number of hydrogen-bond donors (Lipinski definition) is 1. The molecule has 2 aromatic carbocycles. The van der Waals surface area contributed by atoms with Crippen LogP contribution in [0.5, 0.6) is 0 Å². The second kappa shape index (κ2) is 7.24. The van der Waals surface area contributed by atoms with Gasteiger partial charge in [0, 0.05) is 18.1 Å². The number of aliphatic hydroxyl groups is 1. The summed E-state index contributed by atoms with van der Waals surface area (Å²) in [6, 6.07) is 16.8. The van der Waals surface area contributed by atoms with E-state index in [1.165, 1.54) is 0 Å². The number of nitriles is 1. The van der Waals surface area contributed by atoms with E-state index in [1.807, 2.05) is 36.2 Å². The first-order valence-corrected chi connectivity index (χ1v) is 7.07. The van der Waals surface area contributed by atoms with Gasteiger partial charge in [-0.15, -0.1) is 0 Å². The van der Waals surface area contributed by atoms with Gasteiger partial charge in [0.2, 0.25) is 0 Å². The maximum Gasteiger partial charge on any atom is 0.0991 e. The molecule has 0 radical (unpaired) electrons. The Hall–Kier alpha value is -1.86. The molecule has 0 aliphatic rings. The summed E-state index contributed by atoms with van der Waals surface area (Å²) in [5.41, 5.74) is 2.56. The summed E-state index contributed by atoms with van der Waals surface area (Å²) in [7, 11) is 1.96. The van der Waals surface area contributed by atoms with Gasteiger partial charge in [-0.2, -0.15) is 5.26 Å². The maximum atomic E-state index is 10.2. The standard InChI is InChI=1S/C17H17ClN2O/c1-20(11-14-4-8-16(18)9-5-14)12-17(21)15-6-2-13(10-19)3-7-15/h2-9,17,21H,11-12H2,1H3. The highest BCUT2D eigenvalue weighted by Crippen LogP contribution is 2.16. The average molecular weight is 301 g/mol. The second-order valence-corrected chi connectivity index (χ2v) is 5.51. The van der Waals surface area contributed by atoms with Crippen molar-refractivity contribution in [2.24, 2.45) is 0 Å². The minimum absolute atomic E-state index is 0.522. The first-order valence-electron chi connectivity index (χ1n) is 6.69. The van der Waals surface area contributed by atoms with Crippen LogP contribution in [-0.4, -0.2) is 23.6 Å². The van der Waals surface area contributed by atoms with Crippen molar-refractivity contribution in [2.75, 3.05) is 13.6 Å². The Morgan fingerprint density at radius 3 is 2.33 bits per heavy atom. The largest absolute Gasteiger partial charge is 0.387 e. The molecule has 1 unspecified atom stereocenters. The second-order valence-electron chi connectivity index (χ2n) is 5.07. The van der Waals surface area contributed by atoms with Crippen molar-refractivity contribution in [3.05, 3.63) is 70.2 Å². The molecule has 3 nitrogen and oxygen atoms in total. The summed E-state index contributed by atoms with van der Waals surface area (Å²) < 4.78 is 0. The third kappa shape index (κ3) is 4.57. The van der Waals surface area contributed by atoms with Crippen molar-refractivity contribution in [1.82, 2.24) is 4.90 Å². The van der Waals surface area contributed by atoms with E-state index in [0.29, 0.717) is 12.1 Å². The molecule has 0 aliphatic carbocycles. The van der Waals surface area contributed by atoms with Crippen LogP contribution in [0.15, 0.2) is 48.5 Å². The lowest BCUT2D eigenvalue weighted by Gasteiger charge is -2.21. The summed E-state index contributed by atoms with van der Waals surface area (Å²) >= 11 is 5.86. The van der Waals surface area contributed by atoms with Gasteiger partial charge < -0.3 is 5.11 Å². The zero-order valence-corrected chi connectivity index (χ0v) is 12.6. The molecule has 1 N–H and O–H groups in total. The van der Waals surface area contributed by atoms with Crippen LogP contribution in [0, 0.1) is 11.3 Å². The van der Waals surface area contributed by atoms with E-state index in [0.717, 1.165) is 22.7 Å². The molecule has 0 saturated heterocycles. The predicted molar refractivity (Wildman–Crippen MR) is 83.9 cm³/mol. The third-order valence-electron chi connectivity index (χ3n) is 3.27. The first kappa shape index (κ1) is 15.5. The Balaban J connectivity index is 1.93. The van der Waals surface area contributed by atoms with Gasteiger partial charge in [-0.25, -0.2) is 0 Å². The van der Waals surface area contributed by atoms with Crippen molar-refractivity contribution in [1.29, 1.82) is 5.26 Å². The van der Waals surface area contributed by atoms with Crippen molar-refractivity contribution < 1.29 is 5.11 Å². The zero-order valence-electron chi connectivity index (χ0n) is 11.8. The van der Waals surface area contributed by atoms with Crippen LogP contribution in [0.2, 0.25) is 5.02 Å². The molecular formula is C17H17ClN2O. The summed E-state index contributed by atoms with van der Waals surface area (Å²) in [5, 5.41) is 19.7. The quantitative estimate of drug-likeness (QED) is 0.921. The monoisotopic (exact) mass is 300 g/mol. The van der Waals surface area contributed by atoms with E-state index in [2.05, 4.69) is 6.07 Å². The van der Waals surface area contributed by atoms with Crippen molar-refractivity contribution in [2.45, 2.75) is 12.6 Å². The van der Waals surface area contributed by atoms with Gasteiger partial charge in [0.25, 0.3) is 0 Å². The first-order chi connectivity index (χ1) is 10.1. The molecule has 0 spiro atoms. The van der Waals surface area contributed by atoms with Crippen LogP contribution in [0.4, 0.5) is 0 Å². The van der Waals surface area contributed by atoms with Crippen molar-refractivity contribution in [3.8, 4) is 6.07 Å². The van der Waals surface area contributed by atoms with Gasteiger partial charge >= 0.3 is 0 Å². The summed E-state index contributed by atoms with van der Waals surface area (Å²) in [6.07, 6.45) is -0.574. The molecular weight excluding hydrogens is 284 g/mol. The van der Waals surface area contributed by atoms with Crippen LogP contribution in [-0.2, 0) is 6.54 Å². The molecule has 21 heavy (non-hydrogen) atoms. The Kier molecular flexibility index (Phi) is 5.35. The molecule has 4 heteroatoms. The fourth-order valence-corrected chi connectivity index (χ4v) is 2.27. The molecule has 0 aromatic heterocycles. The normalized spacial score (nSPS) is 12.1. The molecule has 2 aromatic rings. The minimum Gasteiger partial charge on any atom is -0.387 e. The smallest absolute Gasteiger partial charge is 0.0991 e. The molecule has 0 bridgehead atoms. The number of rotatable bonds is 5. The van der Waals surface area contributed by atoms with Crippen LogP contribution in [0.25, 0.3) is 0 Å². The topological polar surface area (TPSA) is 47.3 Å². The van der Waals surface area contributed by atoms with Crippen molar-refractivity contribution >= 4 is 11.6 Å². The molecule has 0 saturated carbocycles. The number of halogens is 1. The van der Waals surface area contributed by atoms with Gasteiger partial charge in [-0.3, -0.25) is 4.90 Å². The van der Waals surface area contributed by atoms with Gasteiger partial charge in [0.15, 0.2) is 0 Å². The molecule has 0 amide bonds. The van der Waals surface area contributed by atoms with E-state index >= 15 is 0 Å². The number of likely N-dealkylation sites (N-methyl/N-ethyl adjacent to an activating group) is 1. The molecule has 2 rings (SSSR count). The highest BCUT2D eigenvalue weighted by molar-refractivity contribution is 6.30. The van der Waals surface area contributed by atoms with Gasteiger partial charge in [-0.05, 0) is 42.4 Å². The summed E-state index contributed by atoms with van der Waals surface area (Å²) in [4.78, 5) is 2.05. The molecule has 0 fully saturated rings. The van der Waals surface area contributed by atoms with Crippen LogP contribution in [0.1, 0.15) is 22.8 Å². The Labute approximate surface area is 130 Å². The van der Waals surface area contributed by atoms with E-state index in [1.54, 1.807) is 24.3 Å². The summed E-state index contributed by atoms with van der Waals surface area (Å²) in [6.45, 7) is 1.26. The van der Waals surface area contributed by atoms with Crippen LogP contribution >= 0.6 is 11.6 Å². The molecule has 0 aliphatic heterocycles. The Bertz CT molecular complexity index is 617. The van der Waals surface area contributed by atoms with Crippen LogP contribution in [0.3, 0.4) is 0 Å². The zero-order chi connectivity index (χ0) is 15.2. The Morgan fingerprint density at radius 2 is 1.76 bits per heavy atom. The summed E-state index contributed by atoms with van der Waals surface area (Å²) in [5.74, 6) is 0. The van der Waals surface area contributed by atoms with Crippen molar-refractivity contribution in [3.63, 3.8) is 0 Å². The number of nitrogens with zero attached hydrogens (tertiary/aromatic N) is 2. The van der Waals surface area contributed by atoms with E-state index < -0.39 is 6.10 Å². The fourth-order valence-electron chi connectivity index (χ4n) is 2.15. The highest BCUT2D eigenvalue weighted by atomic mass is 35.5. The lowest BCUT2D eigenvalue weighted by molar-refractivity contribution is 0.124. The lowest BCUT2D eigenvalue weighted by Crippen LogP contribution is -2.24. The van der Waals surface area contributed by atoms with Gasteiger partial charge in [-0.1, -0.05) is 35.9 Å². The van der Waals surface area contributed by atoms with Gasteiger partial charge in [0.1, 0.15) is 0 Å². The molecule has 108 valence electrons. The van der Waals surface area contributed by atoms with Crippen LogP contribution < -0.4 is 0 Å². The lowest BCUT2D eigenvalue weighted by atomic mass is 10.1.